The highest BCUT2D eigenvalue weighted by atomic mass is 32.2. The van der Waals surface area contributed by atoms with E-state index < -0.39 is 11.5 Å². The second-order valence-corrected chi connectivity index (χ2v) is 5.94. The summed E-state index contributed by atoms with van der Waals surface area (Å²) < 4.78 is 0. The van der Waals surface area contributed by atoms with E-state index in [0.29, 0.717) is 0 Å². The summed E-state index contributed by atoms with van der Waals surface area (Å²) >= 11 is 1.47. The van der Waals surface area contributed by atoms with Crippen molar-refractivity contribution in [1.29, 1.82) is 0 Å². The van der Waals surface area contributed by atoms with E-state index in [0.717, 1.165) is 11.3 Å². The fourth-order valence-electron chi connectivity index (χ4n) is 1.38. The molecule has 19 heavy (non-hydrogen) atoms. The summed E-state index contributed by atoms with van der Waals surface area (Å²) in [4.78, 5) is 22.5. The number of thioether (sulfide) groups is 1. The van der Waals surface area contributed by atoms with E-state index in [1.54, 1.807) is 0 Å². The van der Waals surface area contributed by atoms with Crippen LogP contribution in [0.3, 0.4) is 0 Å². The highest BCUT2D eigenvalue weighted by molar-refractivity contribution is 7.99. The van der Waals surface area contributed by atoms with Crippen LogP contribution in [0.15, 0.2) is 24.3 Å². The van der Waals surface area contributed by atoms with Gasteiger partial charge in [-0.3, -0.25) is 4.79 Å². The van der Waals surface area contributed by atoms with Crippen LogP contribution >= 0.6 is 11.8 Å². The van der Waals surface area contributed by atoms with Crippen LogP contribution in [-0.2, 0) is 15.3 Å². The Kier molecular flexibility index (Phi) is 5.42. The molecule has 0 aliphatic rings. The number of aliphatic carboxylic acids is 1. The molecule has 0 aromatic heterocycles. The largest absolute Gasteiger partial charge is 0.480 e. The summed E-state index contributed by atoms with van der Waals surface area (Å²) in [5, 5.41) is 11.4. The van der Waals surface area contributed by atoms with Crippen molar-refractivity contribution in [1.82, 2.24) is 5.32 Å². The highest BCUT2D eigenvalue weighted by Crippen LogP contribution is 2.13. The number of amides is 1. The molecule has 0 aliphatic carbocycles. The van der Waals surface area contributed by atoms with E-state index in [2.05, 4.69) is 5.32 Å². The van der Waals surface area contributed by atoms with E-state index in [1.165, 1.54) is 31.2 Å². The molecule has 0 saturated carbocycles. The molecule has 4 nitrogen and oxygen atoms in total. The molecule has 0 heterocycles. The Morgan fingerprint density at radius 1 is 1.26 bits per heavy atom. The molecular weight excluding hydrogens is 262 g/mol. The van der Waals surface area contributed by atoms with Crippen LogP contribution < -0.4 is 5.32 Å². The standard InChI is InChI=1S/C14H19NO3S/c1-10-4-6-11(7-5-10)8-19-9-12(16)15-14(2,3)13(17)18/h4-7H,8-9H2,1-3H3,(H,15,16)(H,17,18). The van der Waals surface area contributed by atoms with Crippen molar-refractivity contribution >= 4 is 23.6 Å². The molecule has 1 rings (SSSR count). The van der Waals surface area contributed by atoms with Crippen LogP contribution in [0.2, 0.25) is 0 Å². The first-order valence-electron chi connectivity index (χ1n) is 5.99. The first kappa shape index (κ1) is 15.6. The molecule has 5 heteroatoms. The lowest BCUT2D eigenvalue weighted by molar-refractivity contribution is -0.145. The third kappa shape index (κ3) is 5.34. The summed E-state index contributed by atoms with van der Waals surface area (Å²) in [6.07, 6.45) is 0. The van der Waals surface area contributed by atoms with Gasteiger partial charge in [0.05, 0.1) is 5.75 Å². The van der Waals surface area contributed by atoms with E-state index >= 15 is 0 Å². The van der Waals surface area contributed by atoms with Gasteiger partial charge in [-0.05, 0) is 26.3 Å². The maximum Gasteiger partial charge on any atom is 0.328 e. The summed E-state index contributed by atoms with van der Waals surface area (Å²) in [5.41, 5.74) is 1.14. The zero-order chi connectivity index (χ0) is 14.5. The Bertz CT molecular complexity index is 454. The number of carbonyl (C=O) groups excluding carboxylic acids is 1. The molecule has 0 saturated heterocycles. The van der Waals surface area contributed by atoms with Gasteiger partial charge < -0.3 is 10.4 Å². The smallest absolute Gasteiger partial charge is 0.328 e. The minimum Gasteiger partial charge on any atom is -0.480 e. The predicted octanol–water partition coefficient (Wildman–Crippen LogP) is 2.21. The Morgan fingerprint density at radius 2 is 1.84 bits per heavy atom. The molecule has 0 radical (unpaired) electrons. The quantitative estimate of drug-likeness (QED) is 0.839. The molecule has 0 bridgehead atoms. The van der Waals surface area contributed by atoms with Gasteiger partial charge >= 0.3 is 5.97 Å². The fraction of sp³-hybridized carbons (Fsp3) is 0.429. The number of nitrogens with one attached hydrogen (secondary N) is 1. The Labute approximate surface area is 117 Å². The third-order valence-corrected chi connectivity index (χ3v) is 3.61. The van der Waals surface area contributed by atoms with Crippen molar-refractivity contribution in [3.8, 4) is 0 Å². The zero-order valence-electron chi connectivity index (χ0n) is 11.4. The topological polar surface area (TPSA) is 66.4 Å². The van der Waals surface area contributed by atoms with Gasteiger partial charge in [0.15, 0.2) is 0 Å². The van der Waals surface area contributed by atoms with Crippen molar-refractivity contribution in [3.05, 3.63) is 35.4 Å². The Hall–Kier alpha value is -1.49. The maximum atomic E-state index is 11.6. The minimum absolute atomic E-state index is 0.255. The molecule has 1 amide bonds. The van der Waals surface area contributed by atoms with Crippen molar-refractivity contribution in [2.75, 3.05) is 5.75 Å². The van der Waals surface area contributed by atoms with E-state index in [4.69, 9.17) is 5.11 Å². The number of hydrogen-bond acceptors (Lipinski definition) is 3. The molecule has 104 valence electrons. The number of hydrogen-bond donors (Lipinski definition) is 2. The van der Waals surface area contributed by atoms with Crippen molar-refractivity contribution in [2.24, 2.45) is 0 Å². The number of benzene rings is 1. The van der Waals surface area contributed by atoms with Crippen LogP contribution in [0, 0.1) is 6.92 Å². The summed E-state index contributed by atoms with van der Waals surface area (Å²) in [5.74, 6) is -0.305. The lowest BCUT2D eigenvalue weighted by Crippen LogP contribution is -2.50. The van der Waals surface area contributed by atoms with Gasteiger partial charge in [-0.15, -0.1) is 11.8 Å². The number of aryl methyl sites for hydroxylation is 1. The summed E-state index contributed by atoms with van der Waals surface area (Å²) in [7, 11) is 0. The molecule has 0 aliphatic heterocycles. The average Bonchev–Trinajstić information content (AvgIpc) is 2.31. The first-order chi connectivity index (χ1) is 8.81. The van der Waals surface area contributed by atoms with Gasteiger partial charge in [-0.2, -0.15) is 0 Å². The number of carbonyl (C=O) groups is 2. The van der Waals surface area contributed by atoms with Crippen LogP contribution in [-0.4, -0.2) is 28.3 Å². The van der Waals surface area contributed by atoms with Gasteiger partial charge in [0.25, 0.3) is 0 Å². The fourth-order valence-corrected chi connectivity index (χ4v) is 2.17. The molecule has 1 aromatic carbocycles. The van der Waals surface area contributed by atoms with Gasteiger partial charge in [0.2, 0.25) is 5.91 Å². The summed E-state index contributed by atoms with van der Waals surface area (Å²) in [6.45, 7) is 4.97. The van der Waals surface area contributed by atoms with E-state index in [9.17, 15) is 9.59 Å². The maximum absolute atomic E-state index is 11.6. The van der Waals surface area contributed by atoms with Crippen LogP contribution in [0.1, 0.15) is 25.0 Å². The number of carboxylic acids is 1. The predicted molar refractivity (Wildman–Crippen MR) is 77.2 cm³/mol. The number of carboxylic acid groups (broad SMARTS) is 1. The van der Waals surface area contributed by atoms with Crippen LogP contribution in [0.25, 0.3) is 0 Å². The molecule has 2 N–H and O–H groups in total. The minimum atomic E-state index is -1.22. The molecule has 0 atom stereocenters. The average molecular weight is 281 g/mol. The van der Waals surface area contributed by atoms with Crippen LogP contribution in [0.4, 0.5) is 0 Å². The first-order valence-corrected chi connectivity index (χ1v) is 7.14. The summed E-state index contributed by atoms with van der Waals surface area (Å²) in [6, 6.07) is 8.12. The molecular formula is C14H19NO3S. The monoisotopic (exact) mass is 281 g/mol. The van der Waals surface area contributed by atoms with Gasteiger partial charge in [0.1, 0.15) is 5.54 Å². The highest BCUT2D eigenvalue weighted by Gasteiger charge is 2.28. The van der Waals surface area contributed by atoms with E-state index in [-0.39, 0.29) is 11.7 Å². The van der Waals surface area contributed by atoms with Crippen LogP contribution in [0.5, 0.6) is 0 Å². The Balaban J connectivity index is 2.35. The van der Waals surface area contributed by atoms with E-state index in [1.807, 2.05) is 31.2 Å². The zero-order valence-corrected chi connectivity index (χ0v) is 12.2. The van der Waals surface area contributed by atoms with Crippen molar-refractivity contribution < 1.29 is 14.7 Å². The Morgan fingerprint density at radius 3 is 2.37 bits per heavy atom. The third-order valence-electron chi connectivity index (χ3n) is 2.61. The number of rotatable bonds is 6. The molecule has 0 fully saturated rings. The van der Waals surface area contributed by atoms with Crippen molar-refractivity contribution in [3.63, 3.8) is 0 Å². The second-order valence-electron chi connectivity index (χ2n) is 4.96. The molecule has 1 aromatic rings. The lowest BCUT2D eigenvalue weighted by Gasteiger charge is -2.20. The van der Waals surface area contributed by atoms with Crippen molar-refractivity contribution in [2.45, 2.75) is 32.1 Å². The van der Waals surface area contributed by atoms with Gasteiger partial charge in [-0.25, -0.2) is 4.79 Å². The molecule has 0 spiro atoms. The lowest BCUT2D eigenvalue weighted by atomic mass is 10.1. The SMILES string of the molecule is Cc1ccc(CSCC(=O)NC(C)(C)C(=O)O)cc1. The van der Waals surface area contributed by atoms with Gasteiger partial charge in [-0.1, -0.05) is 29.8 Å². The van der Waals surface area contributed by atoms with Gasteiger partial charge in [0, 0.05) is 5.75 Å². The molecule has 0 unspecified atom stereocenters. The second kappa shape index (κ2) is 6.61. The normalized spacial score (nSPS) is 11.1.